The molecule has 0 aromatic heterocycles. The molecule has 25 heavy (non-hydrogen) atoms. The van der Waals surface area contributed by atoms with Crippen molar-refractivity contribution in [2.24, 2.45) is 0 Å². The maximum Gasteiger partial charge on any atom is 0.339 e. The van der Waals surface area contributed by atoms with Gasteiger partial charge in [0.2, 0.25) is 0 Å². The zero-order valence-corrected chi connectivity index (χ0v) is 14.2. The van der Waals surface area contributed by atoms with E-state index in [0.717, 1.165) is 16.3 Å². The number of hydrogen-bond acceptors (Lipinski definition) is 3. The highest BCUT2D eigenvalue weighted by molar-refractivity contribution is 5.99. The zero-order chi connectivity index (χ0) is 17.8. The summed E-state index contributed by atoms with van der Waals surface area (Å²) in [7, 11) is 0. The lowest BCUT2D eigenvalue weighted by Gasteiger charge is -2.14. The van der Waals surface area contributed by atoms with Crippen molar-refractivity contribution in [1.29, 1.82) is 0 Å². The summed E-state index contributed by atoms with van der Waals surface area (Å²) in [4.78, 5) is 24.5. The van der Waals surface area contributed by atoms with Gasteiger partial charge in [0.1, 0.15) is 0 Å². The van der Waals surface area contributed by atoms with Crippen LogP contribution in [0.25, 0.3) is 10.8 Å². The van der Waals surface area contributed by atoms with Crippen LogP contribution in [0.15, 0.2) is 66.7 Å². The van der Waals surface area contributed by atoms with E-state index in [4.69, 9.17) is 4.74 Å². The van der Waals surface area contributed by atoms with Crippen LogP contribution in [-0.2, 0) is 9.53 Å². The first-order valence-corrected chi connectivity index (χ1v) is 8.11. The second-order valence-electron chi connectivity index (χ2n) is 5.91. The Morgan fingerprint density at radius 1 is 0.920 bits per heavy atom. The van der Waals surface area contributed by atoms with Crippen LogP contribution in [0.1, 0.15) is 22.8 Å². The van der Waals surface area contributed by atoms with E-state index in [0.29, 0.717) is 11.3 Å². The lowest BCUT2D eigenvalue weighted by Crippen LogP contribution is -2.30. The van der Waals surface area contributed by atoms with Gasteiger partial charge < -0.3 is 10.1 Å². The van der Waals surface area contributed by atoms with Crippen molar-refractivity contribution < 1.29 is 14.3 Å². The summed E-state index contributed by atoms with van der Waals surface area (Å²) in [5.41, 5.74) is 1.95. The van der Waals surface area contributed by atoms with Crippen molar-refractivity contribution in [3.63, 3.8) is 0 Å². The van der Waals surface area contributed by atoms with Crippen molar-refractivity contribution in [2.45, 2.75) is 20.0 Å². The monoisotopic (exact) mass is 333 g/mol. The number of aryl methyl sites for hydroxylation is 1. The first kappa shape index (κ1) is 16.7. The molecule has 0 saturated heterocycles. The average molecular weight is 333 g/mol. The molecule has 0 fully saturated rings. The van der Waals surface area contributed by atoms with Gasteiger partial charge in [-0.2, -0.15) is 0 Å². The molecule has 1 atom stereocenters. The van der Waals surface area contributed by atoms with E-state index < -0.39 is 12.1 Å². The molecule has 3 rings (SSSR count). The number of anilines is 1. The number of ether oxygens (including phenoxy) is 1. The molecule has 3 aromatic rings. The maximum absolute atomic E-state index is 12.3. The lowest BCUT2D eigenvalue weighted by atomic mass is 10.1. The summed E-state index contributed by atoms with van der Waals surface area (Å²) in [6.07, 6.45) is -0.890. The summed E-state index contributed by atoms with van der Waals surface area (Å²) in [5.74, 6) is -0.864. The van der Waals surface area contributed by atoms with Crippen LogP contribution in [0.4, 0.5) is 5.69 Å². The van der Waals surface area contributed by atoms with Gasteiger partial charge in [-0.25, -0.2) is 4.79 Å². The minimum Gasteiger partial charge on any atom is -0.449 e. The molecule has 0 bridgehead atoms. The third kappa shape index (κ3) is 3.86. The predicted molar refractivity (Wildman–Crippen MR) is 98.6 cm³/mol. The smallest absolute Gasteiger partial charge is 0.339 e. The van der Waals surface area contributed by atoms with Crippen LogP contribution >= 0.6 is 0 Å². The van der Waals surface area contributed by atoms with Gasteiger partial charge in [-0.1, -0.05) is 48.5 Å². The Kier molecular flexibility index (Phi) is 4.80. The molecule has 0 aliphatic rings. The second kappa shape index (κ2) is 7.18. The fourth-order valence-corrected chi connectivity index (χ4v) is 2.59. The van der Waals surface area contributed by atoms with E-state index in [1.54, 1.807) is 19.1 Å². The largest absolute Gasteiger partial charge is 0.449 e. The normalized spacial score (nSPS) is 11.8. The Labute approximate surface area is 146 Å². The van der Waals surface area contributed by atoms with Crippen LogP contribution < -0.4 is 5.32 Å². The van der Waals surface area contributed by atoms with Crippen LogP contribution in [0, 0.1) is 6.92 Å². The summed E-state index contributed by atoms with van der Waals surface area (Å²) < 4.78 is 5.29. The molecular formula is C21H19NO3. The highest BCUT2D eigenvalue weighted by Crippen LogP contribution is 2.19. The fraction of sp³-hybridized carbons (Fsp3) is 0.143. The van der Waals surface area contributed by atoms with Gasteiger partial charge in [-0.3, -0.25) is 4.79 Å². The number of esters is 1. The number of carbonyl (C=O) groups excluding carboxylic acids is 2. The Bertz CT molecular complexity index is 933. The molecule has 3 aromatic carbocycles. The summed E-state index contributed by atoms with van der Waals surface area (Å²) in [6.45, 7) is 3.39. The molecule has 0 aliphatic carbocycles. The number of hydrogen-bond donors (Lipinski definition) is 1. The molecule has 4 nitrogen and oxygen atoms in total. The second-order valence-corrected chi connectivity index (χ2v) is 5.91. The highest BCUT2D eigenvalue weighted by Gasteiger charge is 2.20. The summed E-state index contributed by atoms with van der Waals surface area (Å²) >= 11 is 0. The number of carbonyl (C=O) groups is 2. The molecule has 126 valence electrons. The molecule has 0 radical (unpaired) electrons. The van der Waals surface area contributed by atoms with Gasteiger partial charge in [-0.15, -0.1) is 0 Å². The molecule has 0 spiro atoms. The third-order valence-corrected chi connectivity index (χ3v) is 4.04. The molecule has 4 heteroatoms. The van der Waals surface area contributed by atoms with E-state index in [-0.39, 0.29) is 5.91 Å². The van der Waals surface area contributed by atoms with Crippen molar-refractivity contribution in [3.8, 4) is 0 Å². The quantitative estimate of drug-likeness (QED) is 0.723. The number of amides is 1. The topological polar surface area (TPSA) is 55.4 Å². The van der Waals surface area contributed by atoms with Crippen molar-refractivity contribution in [1.82, 2.24) is 0 Å². The van der Waals surface area contributed by atoms with E-state index in [1.165, 1.54) is 0 Å². The van der Waals surface area contributed by atoms with E-state index >= 15 is 0 Å². The lowest BCUT2D eigenvalue weighted by molar-refractivity contribution is -0.123. The van der Waals surface area contributed by atoms with Gasteiger partial charge in [0.05, 0.1) is 5.56 Å². The SMILES string of the molecule is Cc1ccccc1C(=O)O[C@H](C)C(=O)Nc1ccc2ccccc2c1. The summed E-state index contributed by atoms with van der Waals surface area (Å²) in [6, 6.07) is 20.7. The highest BCUT2D eigenvalue weighted by atomic mass is 16.5. The van der Waals surface area contributed by atoms with E-state index in [9.17, 15) is 9.59 Å². The molecular weight excluding hydrogens is 314 g/mol. The first-order valence-electron chi connectivity index (χ1n) is 8.11. The van der Waals surface area contributed by atoms with Crippen LogP contribution in [-0.4, -0.2) is 18.0 Å². The molecule has 0 saturated carbocycles. The Balaban J connectivity index is 1.67. The van der Waals surface area contributed by atoms with Gasteiger partial charge in [0.15, 0.2) is 6.10 Å². The number of fused-ring (bicyclic) bond motifs is 1. The fourth-order valence-electron chi connectivity index (χ4n) is 2.59. The Hall–Kier alpha value is -3.14. The van der Waals surface area contributed by atoms with Gasteiger partial charge in [-0.05, 0) is 48.4 Å². The van der Waals surface area contributed by atoms with Crippen molar-refractivity contribution in [2.75, 3.05) is 5.32 Å². The standard InChI is InChI=1S/C21H19NO3/c1-14-7-3-6-10-19(14)21(24)25-15(2)20(23)22-18-12-11-16-8-4-5-9-17(16)13-18/h3-13,15H,1-2H3,(H,22,23)/t15-/m1/s1. The number of nitrogens with one attached hydrogen (secondary N) is 1. The van der Waals surface area contributed by atoms with Crippen LogP contribution in [0.3, 0.4) is 0 Å². The zero-order valence-electron chi connectivity index (χ0n) is 14.2. The average Bonchev–Trinajstić information content (AvgIpc) is 2.61. The van der Waals surface area contributed by atoms with E-state index in [2.05, 4.69) is 5.32 Å². The van der Waals surface area contributed by atoms with Crippen molar-refractivity contribution >= 4 is 28.3 Å². The van der Waals surface area contributed by atoms with Crippen LogP contribution in [0.5, 0.6) is 0 Å². The molecule has 1 N–H and O–H groups in total. The predicted octanol–water partition coefficient (Wildman–Crippen LogP) is 4.33. The number of rotatable bonds is 4. The molecule has 1 amide bonds. The Morgan fingerprint density at radius 2 is 1.60 bits per heavy atom. The Morgan fingerprint density at radius 3 is 2.36 bits per heavy atom. The minimum absolute atomic E-state index is 0.364. The molecule has 0 heterocycles. The first-order chi connectivity index (χ1) is 12.0. The minimum atomic E-state index is -0.890. The van der Waals surface area contributed by atoms with Gasteiger partial charge >= 0.3 is 5.97 Å². The van der Waals surface area contributed by atoms with Crippen molar-refractivity contribution in [3.05, 3.63) is 77.9 Å². The number of benzene rings is 3. The van der Waals surface area contributed by atoms with Gasteiger partial charge in [0, 0.05) is 5.69 Å². The molecule has 0 unspecified atom stereocenters. The maximum atomic E-state index is 12.3. The summed E-state index contributed by atoms with van der Waals surface area (Å²) in [5, 5.41) is 4.92. The molecule has 0 aliphatic heterocycles. The van der Waals surface area contributed by atoms with Gasteiger partial charge in [0.25, 0.3) is 5.91 Å². The van der Waals surface area contributed by atoms with E-state index in [1.807, 2.05) is 61.5 Å². The van der Waals surface area contributed by atoms with Crippen LogP contribution in [0.2, 0.25) is 0 Å². The third-order valence-electron chi connectivity index (χ3n) is 4.04.